The summed E-state index contributed by atoms with van der Waals surface area (Å²) in [7, 11) is 0. The predicted octanol–water partition coefficient (Wildman–Crippen LogP) is 1.23. The van der Waals surface area contributed by atoms with Crippen LogP contribution in [-0.4, -0.2) is 52.6 Å². The number of ether oxygens (including phenoxy) is 3. The first kappa shape index (κ1) is 19.0. The predicted molar refractivity (Wildman–Crippen MR) is 94.0 cm³/mol. The van der Waals surface area contributed by atoms with E-state index in [1.165, 1.54) is 0 Å². The van der Waals surface area contributed by atoms with Gasteiger partial charge in [0.1, 0.15) is 24.4 Å². The van der Waals surface area contributed by atoms with Gasteiger partial charge in [-0.2, -0.15) is 0 Å². The Morgan fingerprint density at radius 1 is 0.769 bits per heavy atom. The summed E-state index contributed by atoms with van der Waals surface area (Å²) in [5, 5.41) is 30.2. The van der Waals surface area contributed by atoms with Gasteiger partial charge in [-0.15, -0.1) is 0 Å². The van der Waals surface area contributed by atoms with Crippen molar-refractivity contribution in [3.63, 3.8) is 0 Å². The van der Waals surface area contributed by atoms with Crippen molar-refractivity contribution < 1.29 is 29.5 Å². The van der Waals surface area contributed by atoms with Crippen LogP contribution in [0.4, 0.5) is 0 Å². The van der Waals surface area contributed by atoms with Crippen LogP contribution in [0.2, 0.25) is 0 Å². The number of aliphatic hydroxyl groups excluding tert-OH is 3. The Balaban J connectivity index is 1.69. The Kier molecular flexibility index (Phi) is 6.73. The van der Waals surface area contributed by atoms with E-state index in [0.29, 0.717) is 0 Å². The maximum atomic E-state index is 10.5. The van der Waals surface area contributed by atoms with E-state index in [1.807, 2.05) is 60.7 Å². The summed E-state index contributed by atoms with van der Waals surface area (Å²) in [6.07, 6.45) is -5.06. The van der Waals surface area contributed by atoms with E-state index in [1.54, 1.807) is 0 Å². The van der Waals surface area contributed by atoms with Crippen molar-refractivity contribution in [2.75, 3.05) is 6.61 Å². The van der Waals surface area contributed by atoms with Crippen LogP contribution in [0.5, 0.6) is 0 Å². The average molecular weight is 360 g/mol. The highest BCUT2D eigenvalue weighted by Gasteiger charge is 2.46. The van der Waals surface area contributed by atoms with E-state index in [-0.39, 0.29) is 13.2 Å². The molecule has 1 aliphatic rings. The van der Waals surface area contributed by atoms with Gasteiger partial charge in [0.05, 0.1) is 19.8 Å². The van der Waals surface area contributed by atoms with Crippen molar-refractivity contribution >= 4 is 0 Å². The SMILES string of the molecule is OC[C@H]1O[C@@H](O)[C@H](OCc2ccccc2)[C@@H](OCc2ccccc2)[C@H]1O. The molecule has 0 bridgehead atoms. The number of benzene rings is 2. The van der Waals surface area contributed by atoms with Crippen molar-refractivity contribution in [2.45, 2.75) is 43.9 Å². The van der Waals surface area contributed by atoms with Gasteiger partial charge in [0.2, 0.25) is 0 Å². The summed E-state index contributed by atoms with van der Waals surface area (Å²) >= 11 is 0. The van der Waals surface area contributed by atoms with Gasteiger partial charge >= 0.3 is 0 Å². The highest BCUT2D eigenvalue weighted by molar-refractivity contribution is 5.14. The molecule has 26 heavy (non-hydrogen) atoms. The molecule has 0 radical (unpaired) electrons. The lowest BCUT2D eigenvalue weighted by atomic mass is 9.98. The largest absolute Gasteiger partial charge is 0.394 e. The first-order valence-electron chi connectivity index (χ1n) is 8.62. The standard InChI is InChI=1S/C20H24O6/c21-11-16-17(22)18(24-12-14-7-3-1-4-8-14)19(20(23)26-16)25-13-15-9-5-2-6-10-15/h1-10,16-23H,11-13H2/t16-,17+,18+,19-,20-/m1/s1. The fourth-order valence-corrected chi connectivity index (χ4v) is 2.96. The number of rotatable bonds is 7. The zero-order valence-corrected chi connectivity index (χ0v) is 14.3. The average Bonchev–Trinajstić information content (AvgIpc) is 2.69. The molecule has 3 rings (SSSR count). The molecule has 6 nitrogen and oxygen atoms in total. The third kappa shape index (κ3) is 4.67. The molecule has 1 heterocycles. The van der Waals surface area contributed by atoms with E-state index in [9.17, 15) is 15.3 Å². The van der Waals surface area contributed by atoms with Crippen LogP contribution in [-0.2, 0) is 27.4 Å². The monoisotopic (exact) mass is 360 g/mol. The van der Waals surface area contributed by atoms with Crippen molar-refractivity contribution in [2.24, 2.45) is 0 Å². The van der Waals surface area contributed by atoms with Crippen LogP contribution in [0.3, 0.4) is 0 Å². The third-order valence-electron chi connectivity index (χ3n) is 4.39. The Morgan fingerprint density at radius 3 is 1.77 bits per heavy atom. The summed E-state index contributed by atoms with van der Waals surface area (Å²) in [6.45, 7) is 0.0705. The molecule has 5 atom stereocenters. The third-order valence-corrected chi connectivity index (χ3v) is 4.39. The fraction of sp³-hybridized carbons (Fsp3) is 0.400. The summed E-state index contributed by atoms with van der Waals surface area (Å²) in [4.78, 5) is 0. The molecule has 0 spiro atoms. The molecule has 0 unspecified atom stereocenters. The van der Waals surface area contributed by atoms with Gasteiger partial charge in [-0.1, -0.05) is 60.7 Å². The van der Waals surface area contributed by atoms with Crippen molar-refractivity contribution in [3.8, 4) is 0 Å². The van der Waals surface area contributed by atoms with E-state index in [4.69, 9.17) is 14.2 Å². The molecule has 1 fully saturated rings. The maximum absolute atomic E-state index is 10.5. The van der Waals surface area contributed by atoms with Crippen LogP contribution in [0.25, 0.3) is 0 Å². The van der Waals surface area contributed by atoms with Crippen LogP contribution in [0, 0.1) is 0 Å². The molecular weight excluding hydrogens is 336 g/mol. The first-order valence-corrected chi connectivity index (χ1v) is 8.62. The lowest BCUT2D eigenvalue weighted by Gasteiger charge is -2.42. The molecular formula is C20H24O6. The molecule has 0 amide bonds. The van der Waals surface area contributed by atoms with Crippen LogP contribution in [0.1, 0.15) is 11.1 Å². The molecule has 0 aromatic heterocycles. The molecule has 0 saturated carbocycles. The summed E-state index contributed by atoms with van der Waals surface area (Å²) in [6, 6.07) is 19.0. The van der Waals surface area contributed by atoms with E-state index >= 15 is 0 Å². The topological polar surface area (TPSA) is 88.4 Å². The zero-order chi connectivity index (χ0) is 18.4. The van der Waals surface area contributed by atoms with Gasteiger partial charge < -0.3 is 29.5 Å². The number of hydrogen-bond acceptors (Lipinski definition) is 6. The Bertz CT molecular complexity index is 650. The molecule has 6 heteroatoms. The summed E-state index contributed by atoms with van der Waals surface area (Å²) in [5.74, 6) is 0. The molecule has 1 saturated heterocycles. The minimum absolute atomic E-state index is 0.244. The van der Waals surface area contributed by atoms with Gasteiger partial charge in [-0.3, -0.25) is 0 Å². The molecule has 0 aliphatic carbocycles. The second-order valence-electron chi connectivity index (χ2n) is 6.26. The molecule has 2 aromatic rings. The minimum atomic E-state index is -1.31. The van der Waals surface area contributed by atoms with E-state index in [2.05, 4.69) is 0 Å². The highest BCUT2D eigenvalue weighted by atomic mass is 16.7. The molecule has 140 valence electrons. The quantitative estimate of drug-likeness (QED) is 0.688. The van der Waals surface area contributed by atoms with Gasteiger partial charge in [0.25, 0.3) is 0 Å². The Hall–Kier alpha value is -1.80. The van der Waals surface area contributed by atoms with Gasteiger partial charge in [-0.05, 0) is 11.1 Å². The fourth-order valence-electron chi connectivity index (χ4n) is 2.96. The molecule has 3 N–H and O–H groups in total. The number of hydrogen-bond donors (Lipinski definition) is 3. The Labute approximate surface area is 152 Å². The van der Waals surface area contributed by atoms with Crippen molar-refractivity contribution in [1.29, 1.82) is 0 Å². The first-order chi connectivity index (χ1) is 12.7. The van der Waals surface area contributed by atoms with E-state index in [0.717, 1.165) is 11.1 Å². The van der Waals surface area contributed by atoms with Crippen LogP contribution < -0.4 is 0 Å². The van der Waals surface area contributed by atoms with Gasteiger partial charge in [0.15, 0.2) is 6.29 Å². The van der Waals surface area contributed by atoms with Crippen molar-refractivity contribution in [1.82, 2.24) is 0 Å². The molecule has 2 aromatic carbocycles. The van der Waals surface area contributed by atoms with E-state index < -0.39 is 37.3 Å². The summed E-state index contributed by atoms with van der Waals surface area (Å²) < 4.78 is 16.9. The minimum Gasteiger partial charge on any atom is -0.394 e. The Morgan fingerprint density at radius 2 is 1.27 bits per heavy atom. The maximum Gasteiger partial charge on any atom is 0.184 e. The highest BCUT2D eigenvalue weighted by Crippen LogP contribution is 2.26. The van der Waals surface area contributed by atoms with Gasteiger partial charge in [0, 0.05) is 0 Å². The zero-order valence-electron chi connectivity index (χ0n) is 14.3. The van der Waals surface area contributed by atoms with Crippen LogP contribution in [0.15, 0.2) is 60.7 Å². The molecule has 1 aliphatic heterocycles. The second-order valence-corrected chi connectivity index (χ2v) is 6.26. The summed E-state index contributed by atoms with van der Waals surface area (Å²) in [5.41, 5.74) is 1.86. The van der Waals surface area contributed by atoms with Gasteiger partial charge in [-0.25, -0.2) is 0 Å². The van der Waals surface area contributed by atoms with Crippen LogP contribution >= 0.6 is 0 Å². The normalized spacial score (nSPS) is 28.8. The van der Waals surface area contributed by atoms with Crippen molar-refractivity contribution in [3.05, 3.63) is 71.8 Å². The smallest absolute Gasteiger partial charge is 0.184 e. The number of aliphatic hydroxyl groups is 3. The lowest BCUT2D eigenvalue weighted by molar-refractivity contribution is -0.307. The second kappa shape index (κ2) is 9.23. The lowest BCUT2D eigenvalue weighted by Crippen LogP contribution is -2.60.